The van der Waals surface area contributed by atoms with E-state index in [-0.39, 0.29) is 22.0 Å². The minimum Gasteiger partial charge on any atom is -0.345 e. The van der Waals surface area contributed by atoms with Crippen molar-refractivity contribution < 1.29 is 13.2 Å². The third-order valence-electron chi connectivity index (χ3n) is 3.52. The quantitative estimate of drug-likeness (QED) is 0.671. The standard InChI is InChI=1S/C16H13Cl2N5O3S/c1-27(25,26)13-5-10(4-12(18)6-13)16(24)20-8-15-21-9-22-23(15)14-3-2-11(17)7-19-14/h2-7,9H,8H2,1H3,(H,20,24). The van der Waals surface area contributed by atoms with Crippen LogP contribution < -0.4 is 5.32 Å². The number of hydrogen-bond donors (Lipinski definition) is 1. The summed E-state index contributed by atoms with van der Waals surface area (Å²) in [5, 5.41) is 7.37. The molecule has 0 saturated carbocycles. The normalized spacial score (nSPS) is 11.4. The minimum absolute atomic E-state index is 0.0336. The van der Waals surface area contributed by atoms with E-state index in [9.17, 15) is 13.2 Å². The summed E-state index contributed by atoms with van der Waals surface area (Å²) < 4.78 is 24.9. The van der Waals surface area contributed by atoms with E-state index in [1.54, 1.807) is 12.1 Å². The van der Waals surface area contributed by atoms with Crippen molar-refractivity contribution in [3.05, 3.63) is 64.3 Å². The second-order valence-electron chi connectivity index (χ2n) is 5.55. The van der Waals surface area contributed by atoms with Crippen LogP contribution in [0.5, 0.6) is 0 Å². The first-order valence-electron chi connectivity index (χ1n) is 7.54. The van der Waals surface area contributed by atoms with E-state index in [1.807, 2.05) is 0 Å². The van der Waals surface area contributed by atoms with Gasteiger partial charge in [0, 0.05) is 23.0 Å². The van der Waals surface area contributed by atoms with Crippen LogP contribution in [0.3, 0.4) is 0 Å². The zero-order valence-electron chi connectivity index (χ0n) is 13.9. The highest BCUT2D eigenvalue weighted by molar-refractivity contribution is 7.90. The lowest BCUT2D eigenvalue weighted by molar-refractivity contribution is 0.0949. The lowest BCUT2D eigenvalue weighted by atomic mass is 10.2. The number of carbonyl (C=O) groups is 1. The van der Waals surface area contributed by atoms with E-state index in [2.05, 4.69) is 20.4 Å². The van der Waals surface area contributed by atoms with Gasteiger partial charge in [0.25, 0.3) is 5.91 Å². The molecule has 11 heteroatoms. The Kier molecular flexibility index (Phi) is 5.45. The van der Waals surface area contributed by atoms with Crippen LogP contribution in [0.4, 0.5) is 0 Å². The predicted octanol–water partition coefficient (Wildman–Crippen LogP) is 2.30. The second kappa shape index (κ2) is 7.63. The van der Waals surface area contributed by atoms with Crippen molar-refractivity contribution in [2.45, 2.75) is 11.4 Å². The summed E-state index contributed by atoms with van der Waals surface area (Å²) in [6, 6.07) is 7.26. The van der Waals surface area contributed by atoms with Crippen LogP contribution in [-0.4, -0.2) is 40.3 Å². The topological polar surface area (TPSA) is 107 Å². The molecule has 0 aliphatic heterocycles. The minimum atomic E-state index is -3.50. The SMILES string of the molecule is CS(=O)(=O)c1cc(Cl)cc(C(=O)NCc2ncnn2-c2ccc(Cl)cn2)c1. The fourth-order valence-electron chi connectivity index (χ4n) is 2.24. The van der Waals surface area contributed by atoms with Gasteiger partial charge in [-0.3, -0.25) is 4.79 Å². The number of hydrogen-bond acceptors (Lipinski definition) is 6. The maximum atomic E-state index is 12.4. The number of halogens is 2. The summed E-state index contributed by atoms with van der Waals surface area (Å²) in [4.78, 5) is 20.6. The zero-order valence-corrected chi connectivity index (χ0v) is 16.3. The summed E-state index contributed by atoms with van der Waals surface area (Å²) >= 11 is 11.8. The molecule has 8 nitrogen and oxygen atoms in total. The molecule has 0 bridgehead atoms. The summed E-state index contributed by atoms with van der Waals surface area (Å²) in [7, 11) is -3.50. The molecular weight excluding hydrogens is 413 g/mol. The van der Waals surface area contributed by atoms with E-state index >= 15 is 0 Å². The molecule has 140 valence electrons. The van der Waals surface area contributed by atoms with Gasteiger partial charge >= 0.3 is 0 Å². The summed E-state index contributed by atoms with van der Waals surface area (Å²) in [5.74, 6) is 0.424. The number of benzene rings is 1. The molecule has 0 saturated heterocycles. The maximum absolute atomic E-state index is 12.4. The van der Waals surface area contributed by atoms with E-state index < -0.39 is 15.7 Å². The van der Waals surface area contributed by atoms with Gasteiger partial charge in [-0.1, -0.05) is 23.2 Å². The first-order chi connectivity index (χ1) is 12.7. The Bertz CT molecular complexity index is 1100. The molecular formula is C16H13Cl2N5O3S. The summed E-state index contributed by atoms with van der Waals surface area (Å²) in [5.41, 5.74) is 0.124. The van der Waals surface area contributed by atoms with Crippen molar-refractivity contribution in [3.8, 4) is 5.82 Å². The first kappa shape index (κ1) is 19.3. The Balaban J connectivity index is 1.79. The van der Waals surface area contributed by atoms with E-state index in [1.165, 1.54) is 35.4 Å². The van der Waals surface area contributed by atoms with Crippen molar-refractivity contribution >= 4 is 38.9 Å². The van der Waals surface area contributed by atoms with Gasteiger partial charge in [0.15, 0.2) is 21.5 Å². The Morgan fingerprint density at radius 2 is 1.93 bits per heavy atom. The molecule has 2 aromatic heterocycles. The lowest BCUT2D eigenvalue weighted by Crippen LogP contribution is -2.25. The molecule has 0 unspecified atom stereocenters. The van der Waals surface area contributed by atoms with E-state index in [0.29, 0.717) is 16.7 Å². The Morgan fingerprint density at radius 1 is 1.15 bits per heavy atom. The van der Waals surface area contributed by atoms with Crippen LogP contribution in [0.2, 0.25) is 10.0 Å². The van der Waals surface area contributed by atoms with Gasteiger partial charge in [0.05, 0.1) is 16.5 Å². The number of rotatable bonds is 5. The van der Waals surface area contributed by atoms with Gasteiger partial charge in [-0.15, -0.1) is 0 Å². The van der Waals surface area contributed by atoms with Gasteiger partial charge in [-0.05, 0) is 30.3 Å². The average Bonchev–Trinajstić information content (AvgIpc) is 3.07. The number of sulfone groups is 1. The van der Waals surface area contributed by atoms with Gasteiger partial charge in [0.2, 0.25) is 0 Å². The molecule has 0 radical (unpaired) electrons. The number of nitrogens with zero attached hydrogens (tertiary/aromatic N) is 4. The Hall–Kier alpha value is -2.49. The van der Waals surface area contributed by atoms with Gasteiger partial charge < -0.3 is 5.32 Å². The molecule has 2 heterocycles. The van der Waals surface area contributed by atoms with E-state index in [0.717, 1.165) is 6.26 Å². The van der Waals surface area contributed by atoms with E-state index in [4.69, 9.17) is 23.2 Å². The largest absolute Gasteiger partial charge is 0.345 e. The van der Waals surface area contributed by atoms with Crippen LogP contribution in [-0.2, 0) is 16.4 Å². The summed E-state index contributed by atoms with van der Waals surface area (Å²) in [6.45, 7) is 0.0455. The van der Waals surface area contributed by atoms with Crippen LogP contribution in [0.1, 0.15) is 16.2 Å². The number of carbonyl (C=O) groups excluding carboxylic acids is 1. The van der Waals surface area contributed by atoms with Crippen molar-refractivity contribution in [2.75, 3.05) is 6.26 Å². The fourth-order valence-corrected chi connectivity index (χ4v) is 3.33. The van der Waals surface area contributed by atoms with Gasteiger partial charge in [-0.25, -0.2) is 18.4 Å². The molecule has 27 heavy (non-hydrogen) atoms. The Labute approximate surface area is 165 Å². The molecule has 0 atom stereocenters. The zero-order chi connectivity index (χ0) is 19.6. The van der Waals surface area contributed by atoms with Crippen molar-refractivity contribution in [1.82, 2.24) is 25.1 Å². The molecule has 3 rings (SSSR count). The van der Waals surface area contributed by atoms with Crippen LogP contribution >= 0.6 is 23.2 Å². The number of pyridine rings is 1. The third-order valence-corrected chi connectivity index (χ3v) is 5.05. The first-order valence-corrected chi connectivity index (χ1v) is 10.2. The third kappa shape index (κ3) is 4.62. The van der Waals surface area contributed by atoms with Crippen LogP contribution in [0, 0.1) is 0 Å². The maximum Gasteiger partial charge on any atom is 0.251 e. The van der Waals surface area contributed by atoms with Gasteiger partial charge in [0.1, 0.15) is 6.33 Å². The molecule has 0 spiro atoms. The number of nitrogens with one attached hydrogen (secondary N) is 1. The highest BCUT2D eigenvalue weighted by atomic mass is 35.5. The lowest BCUT2D eigenvalue weighted by Gasteiger charge is -2.08. The molecule has 0 fully saturated rings. The highest BCUT2D eigenvalue weighted by Gasteiger charge is 2.15. The predicted molar refractivity (Wildman–Crippen MR) is 99.9 cm³/mol. The van der Waals surface area contributed by atoms with Crippen LogP contribution in [0.15, 0.2) is 47.8 Å². The molecule has 1 amide bonds. The molecule has 0 aliphatic rings. The highest BCUT2D eigenvalue weighted by Crippen LogP contribution is 2.19. The monoisotopic (exact) mass is 425 g/mol. The molecule has 1 N–H and O–H groups in total. The van der Waals surface area contributed by atoms with Crippen molar-refractivity contribution in [2.24, 2.45) is 0 Å². The van der Waals surface area contributed by atoms with Gasteiger partial charge in [-0.2, -0.15) is 9.78 Å². The summed E-state index contributed by atoms with van der Waals surface area (Å²) in [6.07, 6.45) is 3.85. The molecule has 1 aromatic carbocycles. The molecule has 0 aliphatic carbocycles. The fraction of sp³-hybridized carbons (Fsp3) is 0.125. The second-order valence-corrected chi connectivity index (χ2v) is 8.44. The molecule has 3 aromatic rings. The number of aromatic nitrogens is 4. The number of amides is 1. The van der Waals surface area contributed by atoms with Crippen molar-refractivity contribution in [3.63, 3.8) is 0 Å². The Morgan fingerprint density at radius 3 is 2.59 bits per heavy atom. The van der Waals surface area contributed by atoms with Crippen molar-refractivity contribution in [1.29, 1.82) is 0 Å². The van der Waals surface area contributed by atoms with Crippen LogP contribution in [0.25, 0.3) is 5.82 Å². The average molecular weight is 426 g/mol. The smallest absolute Gasteiger partial charge is 0.251 e.